The first-order chi connectivity index (χ1) is 9.65. The zero-order valence-electron chi connectivity index (χ0n) is 12.3. The molecule has 106 valence electrons. The van der Waals surface area contributed by atoms with Crippen LogP contribution in [0.4, 0.5) is 5.69 Å². The number of nitriles is 1. The van der Waals surface area contributed by atoms with Crippen molar-refractivity contribution in [3.05, 3.63) is 29.3 Å². The van der Waals surface area contributed by atoms with Gasteiger partial charge in [-0.1, -0.05) is 26.3 Å². The number of anilines is 1. The lowest BCUT2D eigenvalue weighted by molar-refractivity contribution is -0.119. The van der Waals surface area contributed by atoms with Gasteiger partial charge < -0.3 is 5.32 Å². The first-order valence-corrected chi connectivity index (χ1v) is 7.48. The molecule has 0 aromatic heterocycles. The van der Waals surface area contributed by atoms with Crippen LogP contribution in [0, 0.1) is 23.2 Å². The third-order valence-corrected chi connectivity index (χ3v) is 4.10. The Hall–Kier alpha value is -1.82. The van der Waals surface area contributed by atoms with Crippen LogP contribution in [0.5, 0.6) is 0 Å². The number of carbonyl (C=O) groups excluding carboxylic acids is 1. The number of nitrogens with zero attached hydrogens (tertiary/aromatic N) is 1. The van der Waals surface area contributed by atoms with Crippen molar-refractivity contribution in [3.63, 3.8) is 0 Å². The summed E-state index contributed by atoms with van der Waals surface area (Å²) in [6.45, 7) is 4.04. The zero-order chi connectivity index (χ0) is 14.5. The minimum absolute atomic E-state index is 0.0967. The Labute approximate surface area is 121 Å². The molecule has 1 aliphatic carbocycles. The molecule has 2 atom stereocenters. The van der Waals surface area contributed by atoms with Crippen molar-refractivity contribution >= 4 is 11.6 Å². The highest BCUT2D eigenvalue weighted by Crippen LogP contribution is 2.26. The molecule has 0 spiro atoms. The van der Waals surface area contributed by atoms with Crippen LogP contribution < -0.4 is 5.32 Å². The van der Waals surface area contributed by atoms with E-state index in [1.807, 2.05) is 13.0 Å². The number of carbonyl (C=O) groups is 1. The van der Waals surface area contributed by atoms with Crippen LogP contribution >= 0.6 is 0 Å². The summed E-state index contributed by atoms with van der Waals surface area (Å²) in [5, 5.41) is 12.1. The van der Waals surface area contributed by atoms with Gasteiger partial charge in [-0.15, -0.1) is 0 Å². The molecule has 0 fully saturated rings. The number of aryl methyl sites for hydroxylation is 2. The van der Waals surface area contributed by atoms with E-state index < -0.39 is 5.92 Å². The van der Waals surface area contributed by atoms with Crippen LogP contribution in [0.1, 0.15) is 44.2 Å². The van der Waals surface area contributed by atoms with Gasteiger partial charge in [0.05, 0.1) is 6.07 Å². The van der Waals surface area contributed by atoms with Gasteiger partial charge >= 0.3 is 0 Å². The lowest BCUT2D eigenvalue weighted by Crippen LogP contribution is -2.27. The maximum Gasteiger partial charge on any atom is 0.242 e. The summed E-state index contributed by atoms with van der Waals surface area (Å²) < 4.78 is 0. The lowest BCUT2D eigenvalue weighted by Gasteiger charge is -2.17. The SMILES string of the molecule is CCCC(C)C(C#N)C(=O)Nc1ccc2c(c1)CCC2. The van der Waals surface area contributed by atoms with E-state index in [9.17, 15) is 10.1 Å². The number of nitrogens with one attached hydrogen (secondary N) is 1. The fourth-order valence-corrected chi connectivity index (χ4v) is 2.94. The molecule has 1 aliphatic rings. The monoisotopic (exact) mass is 270 g/mol. The second-order valence-corrected chi connectivity index (χ2v) is 5.70. The van der Waals surface area contributed by atoms with Gasteiger partial charge in [-0.2, -0.15) is 5.26 Å². The molecule has 1 aromatic carbocycles. The minimum Gasteiger partial charge on any atom is -0.325 e. The Balaban J connectivity index is 2.05. The van der Waals surface area contributed by atoms with E-state index in [0.717, 1.165) is 31.4 Å². The topological polar surface area (TPSA) is 52.9 Å². The lowest BCUT2D eigenvalue weighted by atomic mass is 9.90. The van der Waals surface area contributed by atoms with E-state index in [2.05, 4.69) is 30.4 Å². The highest BCUT2D eigenvalue weighted by molar-refractivity contribution is 5.94. The minimum atomic E-state index is -0.566. The van der Waals surface area contributed by atoms with E-state index in [4.69, 9.17) is 0 Å². The molecule has 1 N–H and O–H groups in total. The Morgan fingerprint density at radius 3 is 2.85 bits per heavy atom. The van der Waals surface area contributed by atoms with Crippen LogP contribution in [-0.2, 0) is 17.6 Å². The van der Waals surface area contributed by atoms with Crippen molar-refractivity contribution in [3.8, 4) is 6.07 Å². The van der Waals surface area contributed by atoms with Crippen LogP contribution in [0.15, 0.2) is 18.2 Å². The summed E-state index contributed by atoms with van der Waals surface area (Å²) in [6, 6.07) is 8.24. The smallest absolute Gasteiger partial charge is 0.242 e. The molecule has 2 unspecified atom stereocenters. The molecule has 0 saturated carbocycles. The highest BCUT2D eigenvalue weighted by atomic mass is 16.1. The van der Waals surface area contributed by atoms with Gasteiger partial charge in [-0.05, 0) is 54.9 Å². The van der Waals surface area contributed by atoms with Crippen LogP contribution in [0.2, 0.25) is 0 Å². The number of fused-ring (bicyclic) bond motifs is 1. The van der Waals surface area contributed by atoms with E-state index in [1.54, 1.807) is 0 Å². The summed E-state index contributed by atoms with van der Waals surface area (Å²) in [5.74, 6) is -0.644. The molecule has 20 heavy (non-hydrogen) atoms. The summed E-state index contributed by atoms with van der Waals surface area (Å²) >= 11 is 0. The molecule has 0 saturated heterocycles. The normalized spacial score (nSPS) is 16.1. The molecule has 3 nitrogen and oxygen atoms in total. The standard InChI is InChI=1S/C17H22N2O/c1-3-5-12(2)16(11-18)17(20)19-15-9-8-13-6-4-7-14(13)10-15/h8-10,12,16H,3-7H2,1-2H3,(H,19,20). The molecule has 0 heterocycles. The van der Waals surface area contributed by atoms with Crippen LogP contribution in [-0.4, -0.2) is 5.91 Å². The van der Waals surface area contributed by atoms with Crippen LogP contribution in [0.3, 0.4) is 0 Å². The average Bonchev–Trinajstić information content (AvgIpc) is 2.87. The fourth-order valence-electron chi connectivity index (χ4n) is 2.94. The van der Waals surface area contributed by atoms with Crippen molar-refractivity contribution in [2.24, 2.45) is 11.8 Å². The van der Waals surface area contributed by atoms with E-state index >= 15 is 0 Å². The first-order valence-electron chi connectivity index (χ1n) is 7.48. The molecule has 3 heteroatoms. The summed E-state index contributed by atoms with van der Waals surface area (Å²) in [4.78, 5) is 12.2. The number of hydrogen-bond donors (Lipinski definition) is 1. The summed E-state index contributed by atoms with van der Waals surface area (Å²) in [5.41, 5.74) is 3.54. The quantitative estimate of drug-likeness (QED) is 0.887. The highest BCUT2D eigenvalue weighted by Gasteiger charge is 2.24. The van der Waals surface area contributed by atoms with Gasteiger partial charge in [0.1, 0.15) is 5.92 Å². The number of hydrogen-bond acceptors (Lipinski definition) is 2. The second-order valence-electron chi connectivity index (χ2n) is 5.70. The van der Waals surface area contributed by atoms with Crippen LogP contribution in [0.25, 0.3) is 0 Å². The second kappa shape index (κ2) is 6.56. The predicted octanol–water partition coefficient (Wildman–Crippen LogP) is 3.69. The zero-order valence-corrected chi connectivity index (χ0v) is 12.3. The molecule has 1 aromatic rings. The molecule has 2 rings (SSSR count). The number of rotatable bonds is 5. The van der Waals surface area contributed by atoms with E-state index in [0.29, 0.717) is 0 Å². The van der Waals surface area contributed by atoms with Crippen molar-refractivity contribution in [2.45, 2.75) is 46.0 Å². The molecular formula is C17H22N2O. The van der Waals surface area contributed by atoms with Gasteiger partial charge in [0.25, 0.3) is 0 Å². The van der Waals surface area contributed by atoms with Crippen molar-refractivity contribution in [2.75, 3.05) is 5.32 Å². The Kier molecular flexibility index (Phi) is 4.79. The average molecular weight is 270 g/mol. The van der Waals surface area contributed by atoms with Crippen molar-refractivity contribution in [1.29, 1.82) is 5.26 Å². The van der Waals surface area contributed by atoms with Gasteiger partial charge in [-0.3, -0.25) is 4.79 Å². The Morgan fingerprint density at radius 1 is 1.40 bits per heavy atom. The summed E-state index contributed by atoms with van der Waals surface area (Å²) in [7, 11) is 0. The summed E-state index contributed by atoms with van der Waals surface area (Å²) in [6.07, 6.45) is 5.31. The van der Waals surface area contributed by atoms with Gasteiger partial charge in [-0.25, -0.2) is 0 Å². The molecule has 0 radical (unpaired) electrons. The first kappa shape index (κ1) is 14.6. The van der Waals surface area contributed by atoms with E-state index in [1.165, 1.54) is 17.5 Å². The van der Waals surface area contributed by atoms with Gasteiger partial charge in [0, 0.05) is 5.69 Å². The molecule has 0 aliphatic heterocycles. The molecule has 1 amide bonds. The van der Waals surface area contributed by atoms with E-state index in [-0.39, 0.29) is 11.8 Å². The number of benzene rings is 1. The van der Waals surface area contributed by atoms with Crippen molar-refractivity contribution in [1.82, 2.24) is 0 Å². The van der Waals surface area contributed by atoms with Crippen molar-refractivity contribution < 1.29 is 4.79 Å². The Bertz CT molecular complexity index is 530. The maximum absolute atomic E-state index is 12.2. The third kappa shape index (κ3) is 3.19. The third-order valence-electron chi connectivity index (χ3n) is 4.10. The predicted molar refractivity (Wildman–Crippen MR) is 80.3 cm³/mol. The molecular weight excluding hydrogens is 248 g/mol. The Morgan fingerprint density at radius 2 is 2.15 bits per heavy atom. The van der Waals surface area contributed by atoms with Gasteiger partial charge in [0.15, 0.2) is 0 Å². The fraction of sp³-hybridized carbons (Fsp3) is 0.529. The molecule has 0 bridgehead atoms. The maximum atomic E-state index is 12.2. The van der Waals surface area contributed by atoms with Gasteiger partial charge in [0.2, 0.25) is 5.91 Å². The number of amides is 1. The largest absolute Gasteiger partial charge is 0.325 e.